The van der Waals surface area contributed by atoms with Gasteiger partial charge in [-0.2, -0.15) is 0 Å². The standard InChI is InChI=1S/C10H11ClO3S/c11-8-2-1-3-9(6-8)15(13,14)10(7-12)4-5-10/h1-3,6,12H,4-5,7H2. The van der Waals surface area contributed by atoms with Crippen molar-refractivity contribution in [1.82, 2.24) is 0 Å². The summed E-state index contributed by atoms with van der Waals surface area (Å²) in [6, 6.07) is 6.16. The largest absolute Gasteiger partial charge is 0.395 e. The molecule has 15 heavy (non-hydrogen) atoms. The highest BCUT2D eigenvalue weighted by Crippen LogP contribution is 2.46. The molecule has 1 fully saturated rings. The molecule has 1 aliphatic carbocycles. The number of sulfone groups is 1. The van der Waals surface area contributed by atoms with Crippen molar-refractivity contribution in [3.63, 3.8) is 0 Å². The molecule has 3 nitrogen and oxygen atoms in total. The molecule has 0 heterocycles. The molecule has 0 amide bonds. The summed E-state index contributed by atoms with van der Waals surface area (Å²) in [5.41, 5.74) is 0. The highest BCUT2D eigenvalue weighted by Gasteiger charge is 2.54. The molecule has 82 valence electrons. The van der Waals surface area contributed by atoms with Gasteiger partial charge in [0.05, 0.1) is 16.2 Å². The molecule has 0 saturated heterocycles. The minimum atomic E-state index is -3.43. The molecule has 0 spiro atoms. The minimum absolute atomic E-state index is 0.196. The zero-order valence-corrected chi connectivity index (χ0v) is 9.55. The summed E-state index contributed by atoms with van der Waals surface area (Å²) in [4.78, 5) is 0.196. The second kappa shape index (κ2) is 3.47. The quantitative estimate of drug-likeness (QED) is 0.882. The van der Waals surface area contributed by atoms with Gasteiger partial charge in [-0.25, -0.2) is 8.42 Å². The molecule has 1 aromatic rings. The summed E-state index contributed by atoms with van der Waals surface area (Å²) in [5.74, 6) is 0. The summed E-state index contributed by atoms with van der Waals surface area (Å²) >= 11 is 5.74. The third kappa shape index (κ3) is 1.67. The van der Waals surface area contributed by atoms with E-state index >= 15 is 0 Å². The second-order valence-electron chi connectivity index (χ2n) is 3.80. The summed E-state index contributed by atoms with van der Waals surface area (Å²) in [5, 5.41) is 9.50. The molecular weight excluding hydrogens is 236 g/mol. The van der Waals surface area contributed by atoms with E-state index in [1.54, 1.807) is 12.1 Å². The van der Waals surface area contributed by atoms with Gasteiger partial charge in [-0.15, -0.1) is 0 Å². The number of rotatable bonds is 3. The molecule has 0 aromatic heterocycles. The van der Waals surface area contributed by atoms with Crippen LogP contribution in [0.2, 0.25) is 5.02 Å². The lowest BCUT2D eigenvalue weighted by molar-refractivity contribution is 0.283. The monoisotopic (exact) mass is 246 g/mol. The smallest absolute Gasteiger partial charge is 0.186 e. The fourth-order valence-corrected chi connectivity index (χ4v) is 3.64. The number of benzene rings is 1. The van der Waals surface area contributed by atoms with E-state index in [2.05, 4.69) is 0 Å². The van der Waals surface area contributed by atoms with Crippen LogP contribution < -0.4 is 0 Å². The first-order valence-electron chi connectivity index (χ1n) is 4.63. The Balaban J connectivity index is 2.47. The van der Waals surface area contributed by atoms with Gasteiger partial charge in [0, 0.05) is 5.02 Å². The zero-order valence-electron chi connectivity index (χ0n) is 7.98. The Kier molecular flexibility index (Phi) is 2.53. The van der Waals surface area contributed by atoms with Crippen molar-refractivity contribution >= 4 is 21.4 Å². The van der Waals surface area contributed by atoms with E-state index in [0.29, 0.717) is 17.9 Å². The van der Waals surface area contributed by atoms with Gasteiger partial charge in [0.15, 0.2) is 9.84 Å². The fourth-order valence-electron chi connectivity index (χ4n) is 1.54. The summed E-state index contributed by atoms with van der Waals surface area (Å²) in [6.45, 7) is -0.318. The Morgan fingerprint density at radius 3 is 2.53 bits per heavy atom. The number of hydrogen-bond donors (Lipinski definition) is 1. The zero-order chi connectivity index (χ0) is 11.1. The lowest BCUT2D eigenvalue weighted by Gasteiger charge is -2.13. The highest BCUT2D eigenvalue weighted by molar-refractivity contribution is 7.93. The van der Waals surface area contributed by atoms with Crippen molar-refractivity contribution in [3.8, 4) is 0 Å². The molecule has 0 atom stereocenters. The Labute approximate surface area is 93.6 Å². The molecule has 1 N–H and O–H groups in total. The van der Waals surface area contributed by atoms with Crippen LogP contribution in [0, 0.1) is 0 Å². The van der Waals surface area contributed by atoms with Gasteiger partial charge in [0.2, 0.25) is 0 Å². The lowest BCUT2D eigenvalue weighted by Crippen LogP contribution is -2.27. The SMILES string of the molecule is O=S(=O)(c1cccc(Cl)c1)C1(CO)CC1. The topological polar surface area (TPSA) is 54.4 Å². The van der Waals surface area contributed by atoms with E-state index in [9.17, 15) is 8.42 Å². The number of halogens is 1. The van der Waals surface area contributed by atoms with Gasteiger partial charge >= 0.3 is 0 Å². The van der Waals surface area contributed by atoms with Gasteiger partial charge in [-0.1, -0.05) is 17.7 Å². The summed E-state index contributed by atoms with van der Waals surface area (Å²) in [7, 11) is -3.43. The fraction of sp³-hybridized carbons (Fsp3) is 0.400. The van der Waals surface area contributed by atoms with Crippen molar-refractivity contribution in [3.05, 3.63) is 29.3 Å². The van der Waals surface area contributed by atoms with E-state index in [4.69, 9.17) is 16.7 Å². The highest BCUT2D eigenvalue weighted by atomic mass is 35.5. The molecule has 0 aliphatic heterocycles. The van der Waals surface area contributed by atoms with Gasteiger partial charge in [-0.3, -0.25) is 0 Å². The third-order valence-electron chi connectivity index (χ3n) is 2.77. The number of hydrogen-bond acceptors (Lipinski definition) is 3. The Bertz CT molecular complexity index is 477. The molecule has 5 heteroatoms. The Morgan fingerprint density at radius 1 is 1.40 bits per heavy atom. The maximum atomic E-state index is 12.1. The van der Waals surface area contributed by atoms with Gasteiger partial charge in [0.25, 0.3) is 0 Å². The van der Waals surface area contributed by atoms with Crippen LogP contribution in [0.15, 0.2) is 29.2 Å². The molecule has 1 saturated carbocycles. The van der Waals surface area contributed by atoms with E-state index in [-0.39, 0.29) is 11.5 Å². The molecule has 2 rings (SSSR count). The maximum absolute atomic E-state index is 12.1. The predicted molar refractivity (Wildman–Crippen MR) is 57.7 cm³/mol. The van der Waals surface area contributed by atoms with Crippen LogP contribution in [0.4, 0.5) is 0 Å². The number of aliphatic hydroxyl groups excluding tert-OH is 1. The van der Waals surface area contributed by atoms with Gasteiger partial charge in [-0.05, 0) is 31.0 Å². The van der Waals surface area contributed by atoms with Crippen LogP contribution >= 0.6 is 11.6 Å². The molecular formula is C10H11ClO3S. The van der Waals surface area contributed by atoms with E-state index in [1.807, 2.05) is 0 Å². The molecule has 0 bridgehead atoms. The third-order valence-corrected chi connectivity index (χ3v) is 5.56. The molecule has 1 aliphatic rings. The van der Waals surface area contributed by atoms with Crippen LogP contribution in [-0.4, -0.2) is 24.9 Å². The van der Waals surface area contributed by atoms with Gasteiger partial charge < -0.3 is 5.11 Å². The molecule has 1 aromatic carbocycles. The van der Waals surface area contributed by atoms with Crippen molar-refractivity contribution in [2.45, 2.75) is 22.5 Å². The summed E-state index contributed by atoms with van der Waals surface area (Å²) in [6.07, 6.45) is 1.05. The Hall–Kier alpha value is -0.580. The predicted octanol–water partition coefficient (Wildman–Crippen LogP) is 1.64. The number of aliphatic hydroxyl groups is 1. The average Bonchev–Trinajstić information content (AvgIpc) is 2.98. The van der Waals surface area contributed by atoms with Crippen LogP contribution in [0.5, 0.6) is 0 Å². The van der Waals surface area contributed by atoms with Crippen LogP contribution in [0.25, 0.3) is 0 Å². The molecule has 0 radical (unpaired) electrons. The first-order valence-corrected chi connectivity index (χ1v) is 6.49. The second-order valence-corrected chi connectivity index (χ2v) is 6.58. The van der Waals surface area contributed by atoms with E-state index in [1.165, 1.54) is 12.1 Å². The van der Waals surface area contributed by atoms with Crippen LogP contribution in [-0.2, 0) is 9.84 Å². The maximum Gasteiger partial charge on any atom is 0.186 e. The van der Waals surface area contributed by atoms with Crippen LogP contribution in [0.1, 0.15) is 12.8 Å². The van der Waals surface area contributed by atoms with Crippen molar-refractivity contribution < 1.29 is 13.5 Å². The molecule has 0 unspecified atom stereocenters. The first-order chi connectivity index (χ1) is 7.02. The van der Waals surface area contributed by atoms with E-state index < -0.39 is 14.6 Å². The normalized spacial score (nSPS) is 18.8. The van der Waals surface area contributed by atoms with Crippen molar-refractivity contribution in [2.24, 2.45) is 0 Å². The Morgan fingerprint density at radius 2 is 2.07 bits per heavy atom. The minimum Gasteiger partial charge on any atom is -0.395 e. The van der Waals surface area contributed by atoms with Crippen molar-refractivity contribution in [1.29, 1.82) is 0 Å². The van der Waals surface area contributed by atoms with Gasteiger partial charge in [0.1, 0.15) is 0 Å². The van der Waals surface area contributed by atoms with Crippen LogP contribution in [0.3, 0.4) is 0 Å². The average molecular weight is 247 g/mol. The van der Waals surface area contributed by atoms with Crippen molar-refractivity contribution in [2.75, 3.05) is 6.61 Å². The summed E-state index contributed by atoms with van der Waals surface area (Å²) < 4.78 is 23.2. The first kappa shape index (κ1) is 10.9. The lowest BCUT2D eigenvalue weighted by atomic mass is 10.4. The van der Waals surface area contributed by atoms with E-state index in [0.717, 1.165) is 0 Å².